The van der Waals surface area contributed by atoms with Crippen LogP contribution in [0.5, 0.6) is 0 Å². The fraction of sp³-hybridized carbons (Fsp3) is 0.722. The minimum atomic E-state index is -0.520. The number of rotatable bonds is 14. The molecule has 1 aromatic heterocycles. The van der Waals surface area contributed by atoms with Gasteiger partial charge in [-0.25, -0.2) is 14.6 Å². The summed E-state index contributed by atoms with van der Waals surface area (Å²) in [6.45, 7) is 0.437. The van der Waals surface area contributed by atoms with E-state index in [-0.39, 0.29) is 56.1 Å². The summed E-state index contributed by atoms with van der Waals surface area (Å²) in [4.78, 5) is 41.5. The van der Waals surface area contributed by atoms with Crippen LogP contribution in [0.15, 0.2) is 28.9 Å². The number of carbonyl (C=O) groups excluding carboxylic acids is 3. The minimum absolute atomic E-state index is 0.0428. The predicted octanol–water partition coefficient (Wildman–Crippen LogP) is 4.98. The molecule has 4 unspecified atom stereocenters. The average Bonchev–Trinajstić information content (AvgIpc) is 3.53. The van der Waals surface area contributed by atoms with Crippen molar-refractivity contribution in [1.82, 2.24) is 10.3 Å². The van der Waals surface area contributed by atoms with Crippen LogP contribution in [-0.4, -0.2) is 98.2 Å². The molecular weight excluding hydrogens is 636 g/mol. The van der Waals surface area contributed by atoms with E-state index in [0.717, 1.165) is 57.1 Å². The Labute approximate surface area is 289 Å². The third-order valence-electron chi connectivity index (χ3n) is 9.14. The fourth-order valence-electron chi connectivity index (χ4n) is 6.75. The van der Waals surface area contributed by atoms with Gasteiger partial charge in [0.15, 0.2) is 0 Å². The van der Waals surface area contributed by atoms with Gasteiger partial charge in [0.1, 0.15) is 18.5 Å². The van der Waals surface area contributed by atoms with Crippen molar-refractivity contribution in [2.45, 2.75) is 139 Å². The Hall–Kier alpha value is -3.26. The second-order valence-electron chi connectivity index (χ2n) is 13.1. The number of nitrogens with one attached hydrogen (secondary N) is 1. The molecule has 0 saturated carbocycles. The van der Waals surface area contributed by atoms with Crippen LogP contribution in [-0.2, 0) is 44.4 Å². The SMILES string of the molecule is COC(=O)NC/C=C\c1nc(CC/C=C\C(=O)O[C@H]2CC3CC(=O)O[C@@H](CCCCCO)CC4CCCC(C[C@@H](OC)CC(C2)O3)O4)co1. The zero-order valence-electron chi connectivity index (χ0n) is 28.9. The van der Waals surface area contributed by atoms with Gasteiger partial charge in [0.2, 0.25) is 5.89 Å². The first-order chi connectivity index (χ1) is 23.8. The molecule has 3 aliphatic rings. The maximum Gasteiger partial charge on any atom is 0.407 e. The largest absolute Gasteiger partial charge is 0.462 e. The highest BCUT2D eigenvalue weighted by atomic mass is 16.6. The van der Waals surface area contributed by atoms with E-state index in [1.165, 1.54) is 13.2 Å². The first kappa shape index (κ1) is 38.5. The number of aliphatic hydroxyl groups is 1. The normalized spacial score (nSPS) is 28.1. The van der Waals surface area contributed by atoms with Crippen molar-refractivity contribution in [3.05, 3.63) is 36.1 Å². The van der Waals surface area contributed by atoms with Crippen LogP contribution in [0.4, 0.5) is 4.79 Å². The van der Waals surface area contributed by atoms with Gasteiger partial charge in [-0.15, -0.1) is 0 Å². The number of unbranched alkanes of at least 4 members (excludes halogenated alkanes) is 2. The van der Waals surface area contributed by atoms with Crippen LogP contribution in [0.3, 0.4) is 0 Å². The topological polar surface area (TPSA) is 165 Å². The third kappa shape index (κ3) is 14.2. The van der Waals surface area contributed by atoms with Crippen molar-refractivity contribution in [2.24, 2.45) is 0 Å². The van der Waals surface area contributed by atoms with E-state index >= 15 is 0 Å². The van der Waals surface area contributed by atoms with Gasteiger partial charge < -0.3 is 43.3 Å². The number of aryl methyl sites for hydroxylation is 1. The smallest absolute Gasteiger partial charge is 0.407 e. The number of carbonyl (C=O) groups is 3. The third-order valence-corrected chi connectivity index (χ3v) is 9.14. The van der Waals surface area contributed by atoms with Crippen molar-refractivity contribution >= 4 is 24.1 Å². The van der Waals surface area contributed by atoms with E-state index in [9.17, 15) is 19.5 Å². The second-order valence-corrected chi connectivity index (χ2v) is 13.1. The number of nitrogens with zero attached hydrogens (tertiary/aromatic N) is 1. The van der Waals surface area contributed by atoms with Crippen LogP contribution in [0.1, 0.15) is 101 Å². The zero-order chi connectivity index (χ0) is 34.8. The Morgan fingerprint density at radius 2 is 1.73 bits per heavy atom. The lowest BCUT2D eigenvalue weighted by Crippen LogP contribution is -2.42. The molecule has 0 radical (unpaired) electrons. The van der Waals surface area contributed by atoms with Gasteiger partial charge in [0.25, 0.3) is 0 Å². The molecule has 13 heteroatoms. The van der Waals surface area contributed by atoms with Crippen LogP contribution < -0.4 is 5.32 Å². The molecule has 274 valence electrons. The minimum Gasteiger partial charge on any atom is -0.462 e. The van der Waals surface area contributed by atoms with E-state index in [1.807, 2.05) is 0 Å². The first-order valence-electron chi connectivity index (χ1n) is 17.8. The molecule has 3 fully saturated rings. The van der Waals surface area contributed by atoms with Crippen molar-refractivity contribution in [1.29, 1.82) is 0 Å². The summed E-state index contributed by atoms with van der Waals surface area (Å²) in [5.41, 5.74) is 0.731. The van der Waals surface area contributed by atoms with Crippen LogP contribution >= 0.6 is 0 Å². The fourth-order valence-corrected chi connectivity index (χ4v) is 6.75. The lowest BCUT2D eigenvalue weighted by atomic mass is 9.91. The van der Waals surface area contributed by atoms with Crippen molar-refractivity contribution in [3.8, 4) is 0 Å². The Morgan fingerprint density at radius 1 is 0.980 bits per heavy atom. The summed E-state index contributed by atoms with van der Waals surface area (Å²) in [6.07, 6.45) is 16.5. The molecule has 0 aromatic carbocycles. The number of methoxy groups -OCH3 is 2. The summed E-state index contributed by atoms with van der Waals surface area (Å²) in [5.74, 6) is -0.356. The monoisotopic (exact) mass is 690 g/mol. The van der Waals surface area contributed by atoms with Gasteiger partial charge in [-0.05, 0) is 70.3 Å². The molecule has 3 saturated heterocycles. The molecule has 4 bridgehead atoms. The van der Waals surface area contributed by atoms with Gasteiger partial charge >= 0.3 is 18.0 Å². The molecule has 0 aliphatic carbocycles. The molecule has 3 aliphatic heterocycles. The number of amides is 1. The summed E-state index contributed by atoms with van der Waals surface area (Å²) in [7, 11) is 3.00. The number of hydrogen-bond donors (Lipinski definition) is 2. The number of ether oxygens (including phenoxy) is 6. The Morgan fingerprint density at radius 3 is 2.53 bits per heavy atom. The van der Waals surface area contributed by atoms with Crippen LogP contribution in [0, 0.1) is 0 Å². The van der Waals surface area contributed by atoms with Gasteiger partial charge in [0.05, 0.1) is 49.7 Å². The number of hydrogen-bond acceptors (Lipinski definition) is 12. The number of oxazole rings is 1. The number of aliphatic hydroxyl groups excluding tert-OH is 1. The molecule has 13 nitrogen and oxygen atoms in total. The molecule has 2 N–H and O–H groups in total. The zero-order valence-corrected chi connectivity index (χ0v) is 28.9. The Bertz CT molecular complexity index is 1220. The molecular formula is C36H54N2O11. The van der Waals surface area contributed by atoms with E-state index in [1.54, 1.807) is 31.6 Å². The molecule has 7 atom stereocenters. The van der Waals surface area contributed by atoms with Gasteiger partial charge in [-0.2, -0.15) is 0 Å². The highest BCUT2D eigenvalue weighted by Crippen LogP contribution is 2.32. The number of fused-ring (bicyclic) bond motifs is 4. The lowest BCUT2D eigenvalue weighted by molar-refractivity contribution is -0.171. The maximum atomic E-state index is 13.2. The predicted molar refractivity (Wildman–Crippen MR) is 178 cm³/mol. The molecule has 0 spiro atoms. The molecule has 49 heavy (non-hydrogen) atoms. The number of esters is 2. The quantitative estimate of drug-likeness (QED) is 0.117. The van der Waals surface area contributed by atoms with E-state index in [0.29, 0.717) is 44.4 Å². The Kier molecular flexibility index (Phi) is 16.6. The van der Waals surface area contributed by atoms with Crippen LogP contribution in [0.25, 0.3) is 6.08 Å². The molecule has 4 rings (SSSR count). The van der Waals surface area contributed by atoms with Crippen molar-refractivity contribution in [2.75, 3.05) is 27.4 Å². The summed E-state index contributed by atoms with van der Waals surface area (Å²) < 4.78 is 40.6. The van der Waals surface area contributed by atoms with Crippen molar-refractivity contribution < 1.29 is 52.3 Å². The van der Waals surface area contributed by atoms with Gasteiger partial charge in [-0.3, -0.25) is 4.79 Å². The second kappa shape index (κ2) is 21.1. The van der Waals surface area contributed by atoms with E-state index in [4.69, 9.17) is 28.1 Å². The summed E-state index contributed by atoms with van der Waals surface area (Å²) >= 11 is 0. The average molecular weight is 691 g/mol. The first-order valence-corrected chi connectivity index (χ1v) is 17.8. The van der Waals surface area contributed by atoms with Crippen LogP contribution in [0.2, 0.25) is 0 Å². The summed E-state index contributed by atoms with van der Waals surface area (Å²) in [6, 6.07) is 0. The number of alkyl carbamates (subject to hydrolysis) is 1. The van der Waals surface area contributed by atoms with E-state index < -0.39 is 24.3 Å². The highest BCUT2D eigenvalue weighted by Gasteiger charge is 2.37. The standard InChI is InChI=1S/C36H54N2O11/c1-43-29-19-27-13-8-12-26(46-27)18-28(11-4-3-7-17-39)48-35(41)23-32-22-31(21-30(20-29)47-32)49-34(40)15-6-5-10-25-24-45-33(38-25)14-9-16-37-36(42)44-2/h6,9,14-15,24,26-32,39H,3-5,7-8,10-13,16-23H2,1-2H3,(H,37,42)/b14-9-,15-6-/t26?,27?,28-,29+,30?,31+,32?/m0/s1. The lowest BCUT2D eigenvalue weighted by Gasteiger charge is -2.38. The molecule has 1 amide bonds. The molecule has 4 heterocycles. The summed E-state index contributed by atoms with van der Waals surface area (Å²) in [5, 5.41) is 11.7. The highest BCUT2D eigenvalue weighted by molar-refractivity contribution is 5.82. The maximum absolute atomic E-state index is 13.2. The van der Waals surface area contributed by atoms with Gasteiger partial charge in [0, 0.05) is 45.6 Å². The van der Waals surface area contributed by atoms with E-state index in [2.05, 4.69) is 15.0 Å². The molecule has 1 aromatic rings. The number of allylic oxidation sites excluding steroid dienone is 1. The number of aromatic nitrogens is 1. The Balaban J connectivity index is 1.31. The van der Waals surface area contributed by atoms with Crippen molar-refractivity contribution in [3.63, 3.8) is 0 Å². The van der Waals surface area contributed by atoms with Gasteiger partial charge in [-0.1, -0.05) is 18.6 Å². The number of cyclic esters (lactones) is 1.